The Morgan fingerprint density at radius 2 is 1.78 bits per heavy atom. The van der Waals surface area contributed by atoms with Crippen molar-refractivity contribution in [3.05, 3.63) is 60.3 Å². The van der Waals surface area contributed by atoms with Gasteiger partial charge in [-0.3, -0.25) is 0 Å². The first-order valence-corrected chi connectivity index (χ1v) is 5.65. The van der Waals surface area contributed by atoms with Crippen molar-refractivity contribution in [1.82, 2.24) is 4.98 Å². The van der Waals surface area contributed by atoms with E-state index in [9.17, 15) is 4.79 Å². The van der Waals surface area contributed by atoms with E-state index in [1.807, 2.05) is 48.5 Å². The number of aromatic nitrogens is 1. The van der Waals surface area contributed by atoms with Gasteiger partial charge in [-0.25, -0.2) is 4.79 Å². The van der Waals surface area contributed by atoms with Crippen molar-refractivity contribution in [2.45, 2.75) is 0 Å². The van der Waals surface area contributed by atoms with Crippen LogP contribution in [0, 0.1) is 0 Å². The summed E-state index contributed by atoms with van der Waals surface area (Å²) in [5, 5.41) is 9.78. The standard InChI is InChI=1S/C15H11NO2/c17-15(18)13-9-16-14-8-11(6-7-12(13)14)10-4-2-1-3-5-10/h1-9,16H,(H,17,18). The maximum Gasteiger partial charge on any atom is 0.337 e. The van der Waals surface area contributed by atoms with Gasteiger partial charge in [0, 0.05) is 17.1 Å². The molecule has 1 heterocycles. The summed E-state index contributed by atoms with van der Waals surface area (Å²) in [6, 6.07) is 15.8. The Morgan fingerprint density at radius 3 is 2.50 bits per heavy atom. The van der Waals surface area contributed by atoms with Crippen molar-refractivity contribution in [3.8, 4) is 11.1 Å². The fourth-order valence-electron chi connectivity index (χ4n) is 2.11. The molecule has 0 aliphatic rings. The average molecular weight is 237 g/mol. The van der Waals surface area contributed by atoms with Crippen LogP contribution in [0.4, 0.5) is 0 Å². The Kier molecular flexibility index (Phi) is 2.38. The monoisotopic (exact) mass is 237 g/mol. The third kappa shape index (κ3) is 1.66. The number of aromatic amines is 1. The van der Waals surface area contributed by atoms with E-state index in [4.69, 9.17) is 5.11 Å². The van der Waals surface area contributed by atoms with Crippen molar-refractivity contribution in [3.63, 3.8) is 0 Å². The lowest BCUT2D eigenvalue weighted by Gasteiger charge is -2.01. The zero-order valence-corrected chi connectivity index (χ0v) is 9.55. The minimum Gasteiger partial charge on any atom is -0.478 e. The molecule has 0 bridgehead atoms. The molecule has 0 radical (unpaired) electrons. The zero-order valence-electron chi connectivity index (χ0n) is 9.55. The van der Waals surface area contributed by atoms with Gasteiger partial charge in [0.25, 0.3) is 0 Å². The molecule has 0 amide bonds. The number of hydrogen-bond acceptors (Lipinski definition) is 1. The van der Waals surface area contributed by atoms with Gasteiger partial charge in [-0.05, 0) is 17.2 Å². The lowest BCUT2D eigenvalue weighted by atomic mass is 10.0. The first-order valence-electron chi connectivity index (χ1n) is 5.65. The number of carboxylic acids is 1. The van der Waals surface area contributed by atoms with Gasteiger partial charge in [-0.1, -0.05) is 42.5 Å². The van der Waals surface area contributed by atoms with Crippen molar-refractivity contribution >= 4 is 16.9 Å². The number of benzene rings is 2. The van der Waals surface area contributed by atoms with Crippen LogP contribution in [-0.4, -0.2) is 16.1 Å². The fraction of sp³-hybridized carbons (Fsp3) is 0. The molecule has 0 aliphatic heterocycles. The summed E-state index contributed by atoms with van der Waals surface area (Å²) in [7, 11) is 0. The molecule has 3 rings (SSSR count). The van der Waals surface area contributed by atoms with Gasteiger partial charge >= 0.3 is 5.97 Å². The minimum absolute atomic E-state index is 0.310. The molecule has 0 atom stereocenters. The number of H-pyrrole nitrogens is 1. The van der Waals surface area contributed by atoms with E-state index in [1.165, 1.54) is 6.20 Å². The summed E-state index contributed by atoms with van der Waals surface area (Å²) in [5.74, 6) is -0.909. The van der Waals surface area contributed by atoms with E-state index >= 15 is 0 Å². The maximum absolute atomic E-state index is 11.0. The number of rotatable bonds is 2. The second kappa shape index (κ2) is 4.04. The molecule has 18 heavy (non-hydrogen) atoms. The second-order valence-corrected chi connectivity index (χ2v) is 4.13. The van der Waals surface area contributed by atoms with Crippen LogP contribution >= 0.6 is 0 Å². The molecule has 0 saturated heterocycles. The zero-order chi connectivity index (χ0) is 12.5. The van der Waals surface area contributed by atoms with Crippen LogP contribution in [0.25, 0.3) is 22.0 Å². The highest BCUT2D eigenvalue weighted by atomic mass is 16.4. The van der Waals surface area contributed by atoms with Crippen LogP contribution in [-0.2, 0) is 0 Å². The molecule has 3 nitrogen and oxygen atoms in total. The van der Waals surface area contributed by atoms with E-state index in [1.54, 1.807) is 0 Å². The second-order valence-electron chi connectivity index (χ2n) is 4.13. The van der Waals surface area contributed by atoms with Gasteiger partial charge in [0.2, 0.25) is 0 Å². The number of aromatic carboxylic acids is 1. The quantitative estimate of drug-likeness (QED) is 0.716. The van der Waals surface area contributed by atoms with Gasteiger partial charge in [0.1, 0.15) is 0 Å². The van der Waals surface area contributed by atoms with E-state index in [-0.39, 0.29) is 0 Å². The summed E-state index contributed by atoms with van der Waals surface area (Å²) in [6.45, 7) is 0. The SMILES string of the molecule is O=C(O)c1c[nH]c2cc(-c3ccccc3)ccc12. The number of carboxylic acid groups (broad SMARTS) is 1. The third-order valence-corrected chi connectivity index (χ3v) is 3.02. The van der Waals surface area contributed by atoms with Crippen molar-refractivity contribution in [2.75, 3.05) is 0 Å². The third-order valence-electron chi connectivity index (χ3n) is 3.02. The predicted molar refractivity (Wildman–Crippen MR) is 70.7 cm³/mol. The van der Waals surface area contributed by atoms with Crippen LogP contribution in [0.15, 0.2) is 54.7 Å². The van der Waals surface area contributed by atoms with Gasteiger partial charge in [0.05, 0.1) is 5.56 Å². The van der Waals surface area contributed by atoms with E-state index in [2.05, 4.69) is 4.98 Å². The van der Waals surface area contributed by atoms with Crippen LogP contribution in [0.1, 0.15) is 10.4 Å². The Balaban J connectivity index is 2.16. The molecule has 0 saturated carbocycles. The van der Waals surface area contributed by atoms with Crippen molar-refractivity contribution in [1.29, 1.82) is 0 Å². The van der Waals surface area contributed by atoms with Crippen molar-refractivity contribution in [2.24, 2.45) is 0 Å². The summed E-state index contributed by atoms with van der Waals surface area (Å²) >= 11 is 0. The lowest BCUT2D eigenvalue weighted by Crippen LogP contribution is -1.93. The topological polar surface area (TPSA) is 53.1 Å². The Bertz CT molecular complexity index is 714. The summed E-state index contributed by atoms with van der Waals surface area (Å²) in [4.78, 5) is 14.0. The molecule has 88 valence electrons. The van der Waals surface area contributed by atoms with E-state index in [0.29, 0.717) is 5.56 Å². The van der Waals surface area contributed by atoms with Gasteiger partial charge < -0.3 is 10.1 Å². The first-order chi connectivity index (χ1) is 8.75. The Morgan fingerprint density at radius 1 is 1.00 bits per heavy atom. The highest BCUT2D eigenvalue weighted by Crippen LogP contribution is 2.25. The molecule has 3 aromatic rings. The largest absolute Gasteiger partial charge is 0.478 e. The van der Waals surface area contributed by atoms with Crippen molar-refractivity contribution < 1.29 is 9.90 Å². The van der Waals surface area contributed by atoms with Gasteiger partial charge in [0.15, 0.2) is 0 Å². The normalized spacial score (nSPS) is 10.7. The molecule has 3 heteroatoms. The molecular weight excluding hydrogens is 226 g/mol. The molecule has 2 aromatic carbocycles. The minimum atomic E-state index is -0.909. The maximum atomic E-state index is 11.0. The summed E-state index contributed by atoms with van der Waals surface area (Å²) < 4.78 is 0. The summed E-state index contributed by atoms with van der Waals surface area (Å²) in [6.07, 6.45) is 1.53. The van der Waals surface area contributed by atoms with Gasteiger partial charge in [-0.15, -0.1) is 0 Å². The number of carbonyl (C=O) groups is 1. The number of fused-ring (bicyclic) bond motifs is 1. The molecule has 0 aliphatic carbocycles. The molecule has 0 unspecified atom stereocenters. The van der Waals surface area contributed by atoms with E-state index in [0.717, 1.165) is 22.0 Å². The van der Waals surface area contributed by atoms with Gasteiger partial charge in [-0.2, -0.15) is 0 Å². The van der Waals surface area contributed by atoms with Crippen LogP contribution in [0.5, 0.6) is 0 Å². The molecule has 2 N–H and O–H groups in total. The van der Waals surface area contributed by atoms with Crippen LogP contribution in [0.3, 0.4) is 0 Å². The average Bonchev–Trinajstić information content (AvgIpc) is 2.82. The Hall–Kier alpha value is -2.55. The highest BCUT2D eigenvalue weighted by molar-refractivity contribution is 6.04. The molecule has 1 aromatic heterocycles. The van der Waals surface area contributed by atoms with Crippen LogP contribution in [0.2, 0.25) is 0 Å². The number of nitrogens with one attached hydrogen (secondary N) is 1. The smallest absolute Gasteiger partial charge is 0.337 e. The number of hydrogen-bond donors (Lipinski definition) is 2. The highest BCUT2D eigenvalue weighted by Gasteiger charge is 2.10. The fourth-order valence-corrected chi connectivity index (χ4v) is 2.11. The molecular formula is C15H11NO2. The van der Waals surface area contributed by atoms with Crippen LogP contribution < -0.4 is 0 Å². The predicted octanol–water partition coefficient (Wildman–Crippen LogP) is 3.53. The van der Waals surface area contributed by atoms with E-state index < -0.39 is 5.97 Å². The Labute approximate surface area is 104 Å². The lowest BCUT2D eigenvalue weighted by molar-refractivity contribution is 0.0699. The summed E-state index contributed by atoms with van der Waals surface area (Å²) in [5.41, 5.74) is 3.34. The first kappa shape index (κ1) is 10.6. The molecule has 0 fully saturated rings. The molecule has 0 spiro atoms.